The molecule has 0 N–H and O–H groups in total. The summed E-state index contributed by atoms with van der Waals surface area (Å²) in [6.07, 6.45) is 0. The molecule has 6 rings (SSSR count). The second-order valence-corrected chi connectivity index (χ2v) is 9.99. The number of ether oxygens (including phenoxy) is 2. The van der Waals surface area contributed by atoms with Gasteiger partial charge >= 0.3 is 5.97 Å². The van der Waals surface area contributed by atoms with Gasteiger partial charge in [0.1, 0.15) is 4.75 Å². The zero-order valence-electron chi connectivity index (χ0n) is 19.1. The number of carbonyl (C=O) groups excluding carboxylic acids is 1. The lowest BCUT2D eigenvalue weighted by atomic mass is 9.71. The molecule has 0 amide bonds. The van der Waals surface area contributed by atoms with Crippen molar-refractivity contribution in [1.82, 2.24) is 0 Å². The minimum absolute atomic E-state index is 0.0126. The Morgan fingerprint density at radius 1 is 0.686 bits per heavy atom. The quantitative estimate of drug-likeness (QED) is 0.265. The Balaban J connectivity index is 1.71. The zero-order valence-corrected chi connectivity index (χ0v) is 19.9. The topological polar surface area (TPSA) is 47.9 Å². The summed E-state index contributed by atoms with van der Waals surface area (Å²) in [6.45, 7) is 0. The van der Waals surface area contributed by atoms with Gasteiger partial charge in [-0.3, -0.25) is 0 Å². The maximum atomic E-state index is 12.9. The fourth-order valence-corrected chi connectivity index (χ4v) is 7.17. The number of nitrogens with zero attached hydrogens (tertiary/aromatic N) is 1. The molecule has 172 valence electrons. The third kappa shape index (κ3) is 2.94. The minimum Gasteiger partial charge on any atom is -0.462 e. The summed E-state index contributed by atoms with van der Waals surface area (Å²) in [6, 6.07) is 40.8. The van der Waals surface area contributed by atoms with E-state index in [1.54, 1.807) is 11.8 Å². The van der Waals surface area contributed by atoms with Gasteiger partial charge in [-0.2, -0.15) is 0 Å². The maximum absolute atomic E-state index is 12.9. The standard InChI is InChI=1S/C30H23NO3S/c1-33-27(32)26-31-30(28(34-26,22-14-6-2-7-15-22)23-16-8-3-9-17-23)29(35-30,24-18-10-4-11-19-24)25-20-12-5-13-21-25/h2-21H,1H3. The van der Waals surface area contributed by atoms with Crippen LogP contribution in [0, 0.1) is 0 Å². The van der Waals surface area contributed by atoms with Gasteiger partial charge in [-0.25, -0.2) is 9.79 Å². The van der Waals surface area contributed by atoms with E-state index < -0.39 is 21.2 Å². The Bertz CT molecular complexity index is 1310. The van der Waals surface area contributed by atoms with Crippen LogP contribution in [0.15, 0.2) is 126 Å². The molecule has 2 aliphatic heterocycles. The van der Waals surface area contributed by atoms with Crippen LogP contribution < -0.4 is 0 Å². The van der Waals surface area contributed by atoms with Crippen molar-refractivity contribution in [3.63, 3.8) is 0 Å². The Hall–Kier alpha value is -3.83. The van der Waals surface area contributed by atoms with Crippen LogP contribution in [-0.4, -0.2) is 23.8 Å². The lowest BCUT2D eigenvalue weighted by Gasteiger charge is -2.36. The van der Waals surface area contributed by atoms with Crippen LogP contribution in [0.4, 0.5) is 0 Å². The third-order valence-electron chi connectivity index (χ3n) is 6.80. The molecule has 5 heteroatoms. The van der Waals surface area contributed by atoms with Gasteiger partial charge in [0.15, 0.2) is 10.5 Å². The molecule has 1 saturated heterocycles. The summed E-state index contributed by atoms with van der Waals surface area (Å²) < 4.78 is 11.2. The molecule has 1 unspecified atom stereocenters. The van der Waals surface area contributed by atoms with E-state index in [1.165, 1.54) is 7.11 Å². The molecule has 1 fully saturated rings. The van der Waals surface area contributed by atoms with Gasteiger partial charge in [0.05, 0.1) is 7.11 Å². The normalized spacial score (nSPS) is 21.1. The Labute approximate surface area is 208 Å². The summed E-state index contributed by atoms with van der Waals surface area (Å²) in [5, 5.41) is 0. The summed E-state index contributed by atoms with van der Waals surface area (Å²) in [7, 11) is 1.35. The number of carbonyl (C=O) groups is 1. The number of rotatable bonds is 5. The largest absolute Gasteiger partial charge is 0.462 e. The fraction of sp³-hybridized carbons (Fsp3) is 0.133. The average molecular weight is 478 g/mol. The highest BCUT2D eigenvalue weighted by molar-refractivity contribution is 8.09. The lowest BCUT2D eigenvalue weighted by Crippen LogP contribution is -2.45. The predicted octanol–water partition coefficient (Wildman–Crippen LogP) is 5.92. The SMILES string of the molecule is COC(=O)C1=NC2(SC2(c2ccccc2)c2ccccc2)C(c2ccccc2)(c2ccccc2)O1. The van der Waals surface area contributed by atoms with Gasteiger partial charge in [0.25, 0.3) is 5.90 Å². The first kappa shape index (κ1) is 21.7. The average Bonchev–Trinajstić information content (AvgIpc) is 3.50. The van der Waals surface area contributed by atoms with Gasteiger partial charge in [-0.15, -0.1) is 11.8 Å². The molecule has 4 aromatic carbocycles. The molecule has 2 heterocycles. The van der Waals surface area contributed by atoms with E-state index in [4.69, 9.17) is 14.5 Å². The van der Waals surface area contributed by atoms with Crippen molar-refractivity contribution in [2.24, 2.45) is 4.99 Å². The maximum Gasteiger partial charge on any atom is 0.393 e. The van der Waals surface area contributed by atoms with E-state index in [0.29, 0.717) is 0 Å². The predicted molar refractivity (Wildman–Crippen MR) is 138 cm³/mol. The number of hydrogen-bond acceptors (Lipinski definition) is 5. The smallest absolute Gasteiger partial charge is 0.393 e. The van der Waals surface area contributed by atoms with Crippen molar-refractivity contribution in [3.8, 4) is 0 Å². The minimum atomic E-state index is -1.06. The molecule has 0 radical (unpaired) electrons. The third-order valence-corrected chi connectivity index (χ3v) is 8.65. The second kappa shape index (κ2) is 8.14. The summed E-state index contributed by atoms with van der Waals surface area (Å²) in [5.41, 5.74) is 3.00. The number of aliphatic imine (C=N–C) groups is 1. The molecule has 1 atom stereocenters. The highest BCUT2D eigenvalue weighted by Gasteiger charge is 2.84. The van der Waals surface area contributed by atoms with Gasteiger partial charge in [-0.05, 0) is 11.1 Å². The molecule has 1 spiro atoms. The van der Waals surface area contributed by atoms with E-state index in [-0.39, 0.29) is 5.90 Å². The van der Waals surface area contributed by atoms with Crippen molar-refractivity contribution in [3.05, 3.63) is 144 Å². The summed E-state index contributed by atoms with van der Waals surface area (Å²) >= 11 is 1.71. The molecular weight excluding hydrogens is 454 g/mol. The van der Waals surface area contributed by atoms with Crippen LogP contribution in [0.25, 0.3) is 0 Å². The van der Waals surface area contributed by atoms with Crippen LogP contribution in [0.2, 0.25) is 0 Å². The monoisotopic (exact) mass is 477 g/mol. The molecule has 0 aromatic heterocycles. The van der Waals surface area contributed by atoms with Crippen LogP contribution >= 0.6 is 11.8 Å². The van der Waals surface area contributed by atoms with E-state index in [2.05, 4.69) is 24.3 Å². The molecule has 0 saturated carbocycles. The molecule has 4 aromatic rings. The number of methoxy groups -OCH3 is 1. The molecular formula is C30H23NO3S. The van der Waals surface area contributed by atoms with E-state index in [0.717, 1.165) is 22.3 Å². The lowest BCUT2D eigenvalue weighted by molar-refractivity contribution is -0.135. The van der Waals surface area contributed by atoms with Crippen LogP contribution in [-0.2, 0) is 24.6 Å². The van der Waals surface area contributed by atoms with Crippen molar-refractivity contribution in [2.45, 2.75) is 15.2 Å². The van der Waals surface area contributed by atoms with Gasteiger partial charge in [-0.1, -0.05) is 121 Å². The highest BCUT2D eigenvalue weighted by atomic mass is 32.2. The van der Waals surface area contributed by atoms with E-state index in [9.17, 15) is 4.79 Å². The summed E-state index contributed by atoms with van der Waals surface area (Å²) in [5.74, 6) is -0.595. The first-order valence-corrected chi connectivity index (χ1v) is 12.3. The highest BCUT2D eigenvalue weighted by Crippen LogP contribution is 2.82. The van der Waals surface area contributed by atoms with Gasteiger partial charge < -0.3 is 9.47 Å². The van der Waals surface area contributed by atoms with E-state index in [1.807, 2.05) is 97.1 Å². The van der Waals surface area contributed by atoms with Crippen molar-refractivity contribution in [1.29, 1.82) is 0 Å². The molecule has 4 nitrogen and oxygen atoms in total. The van der Waals surface area contributed by atoms with Gasteiger partial charge in [0.2, 0.25) is 0 Å². The number of hydrogen-bond donors (Lipinski definition) is 0. The van der Waals surface area contributed by atoms with Crippen molar-refractivity contribution >= 4 is 23.6 Å². The van der Waals surface area contributed by atoms with E-state index >= 15 is 0 Å². The van der Waals surface area contributed by atoms with Crippen LogP contribution in [0.1, 0.15) is 22.3 Å². The fourth-order valence-electron chi connectivity index (χ4n) is 5.29. The number of esters is 1. The van der Waals surface area contributed by atoms with Crippen LogP contribution in [0.3, 0.4) is 0 Å². The first-order valence-electron chi connectivity index (χ1n) is 11.5. The van der Waals surface area contributed by atoms with Crippen LogP contribution in [0.5, 0.6) is 0 Å². The van der Waals surface area contributed by atoms with Crippen molar-refractivity contribution in [2.75, 3.05) is 7.11 Å². The zero-order chi connectivity index (χ0) is 23.9. The Morgan fingerprint density at radius 2 is 1.09 bits per heavy atom. The second-order valence-electron chi connectivity index (χ2n) is 8.58. The molecule has 35 heavy (non-hydrogen) atoms. The first-order chi connectivity index (χ1) is 17.2. The van der Waals surface area contributed by atoms with Gasteiger partial charge in [0, 0.05) is 11.1 Å². The Kier molecular flexibility index (Phi) is 5.04. The summed E-state index contributed by atoms with van der Waals surface area (Å²) in [4.78, 5) is 17.1. The van der Waals surface area contributed by atoms with Crippen molar-refractivity contribution < 1.29 is 14.3 Å². The Morgan fingerprint density at radius 3 is 1.49 bits per heavy atom. The number of benzene rings is 4. The molecule has 0 bridgehead atoms. The molecule has 2 aliphatic rings. The molecule has 0 aliphatic carbocycles. The number of thioether (sulfide) groups is 1.